The van der Waals surface area contributed by atoms with Crippen LogP contribution in [-0.2, 0) is 16.0 Å². The van der Waals surface area contributed by atoms with Gasteiger partial charge in [-0.15, -0.1) is 23.2 Å². The van der Waals surface area contributed by atoms with Crippen molar-refractivity contribution in [3.63, 3.8) is 0 Å². The number of alkyl halides is 2. The number of carbonyl (C=O) groups excluding carboxylic acids is 3. The summed E-state index contributed by atoms with van der Waals surface area (Å²) in [4.78, 5) is 37.0. The molecule has 5 nitrogen and oxygen atoms in total. The van der Waals surface area contributed by atoms with Gasteiger partial charge in [-0.3, -0.25) is 14.4 Å². The lowest BCUT2D eigenvalue weighted by molar-refractivity contribution is -0.117. The second-order valence-corrected chi connectivity index (χ2v) is 10.8. The van der Waals surface area contributed by atoms with Gasteiger partial charge in [0.1, 0.15) is 10.2 Å². The first kappa shape index (κ1) is 27.3. The van der Waals surface area contributed by atoms with Gasteiger partial charge >= 0.3 is 0 Å². The smallest absolute Gasteiger partial charge is 0.231 e. The summed E-state index contributed by atoms with van der Waals surface area (Å²) in [5.41, 5.74) is 1.38. The van der Waals surface area contributed by atoms with Gasteiger partial charge in [0.25, 0.3) is 0 Å². The number of anilines is 2. The van der Waals surface area contributed by atoms with Crippen LogP contribution in [0, 0.1) is 17.6 Å². The summed E-state index contributed by atoms with van der Waals surface area (Å²) >= 11 is 24.5. The van der Waals surface area contributed by atoms with Crippen molar-refractivity contribution in [2.75, 3.05) is 10.6 Å². The molecule has 0 radical (unpaired) electrons. The van der Waals surface area contributed by atoms with Crippen LogP contribution < -0.4 is 10.6 Å². The van der Waals surface area contributed by atoms with E-state index in [1.807, 2.05) is 0 Å². The van der Waals surface area contributed by atoms with Crippen LogP contribution in [0.1, 0.15) is 34.3 Å². The number of amides is 2. The normalized spacial score (nSPS) is 17.7. The lowest BCUT2D eigenvalue weighted by Gasteiger charge is -2.11. The zero-order valence-corrected chi connectivity index (χ0v) is 22.1. The molecule has 2 N–H and O–H groups in total. The van der Waals surface area contributed by atoms with Crippen molar-refractivity contribution >= 4 is 75.4 Å². The molecule has 2 amide bonds. The molecule has 0 bridgehead atoms. The van der Waals surface area contributed by atoms with E-state index in [0.717, 1.165) is 6.07 Å². The predicted octanol–water partition coefficient (Wildman–Crippen LogP) is 7.18. The van der Waals surface area contributed by atoms with Crippen LogP contribution in [0.5, 0.6) is 0 Å². The number of carbonyl (C=O) groups is 3. The Bertz CT molecular complexity index is 1410. The molecule has 37 heavy (non-hydrogen) atoms. The number of benzene rings is 3. The van der Waals surface area contributed by atoms with Crippen molar-refractivity contribution in [3.05, 3.63) is 93.0 Å². The third kappa shape index (κ3) is 5.91. The fraction of sp³-hybridized carbons (Fsp3) is 0.192. The van der Waals surface area contributed by atoms with Crippen molar-refractivity contribution in [1.29, 1.82) is 0 Å². The first-order valence-electron chi connectivity index (χ1n) is 10.9. The van der Waals surface area contributed by atoms with Gasteiger partial charge in [0.05, 0.1) is 21.5 Å². The molecule has 4 rings (SSSR count). The van der Waals surface area contributed by atoms with E-state index in [-0.39, 0.29) is 33.6 Å². The number of halogens is 6. The fourth-order valence-electron chi connectivity index (χ4n) is 4.05. The van der Waals surface area contributed by atoms with Gasteiger partial charge in [-0.05, 0) is 47.5 Å². The average molecular weight is 586 g/mol. The first-order valence-corrected chi connectivity index (χ1v) is 12.4. The summed E-state index contributed by atoms with van der Waals surface area (Å²) < 4.78 is 26.8. The van der Waals surface area contributed by atoms with Crippen LogP contribution in [0.15, 0.2) is 54.6 Å². The van der Waals surface area contributed by atoms with Gasteiger partial charge in [0.15, 0.2) is 11.6 Å². The van der Waals surface area contributed by atoms with Gasteiger partial charge in [-0.1, -0.05) is 41.4 Å². The van der Waals surface area contributed by atoms with E-state index >= 15 is 0 Å². The lowest BCUT2D eigenvalue weighted by Crippen LogP contribution is -2.18. The van der Waals surface area contributed by atoms with E-state index in [2.05, 4.69) is 10.6 Å². The van der Waals surface area contributed by atoms with Crippen molar-refractivity contribution in [2.45, 2.75) is 23.6 Å². The predicted molar refractivity (Wildman–Crippen MR) is 141 cm³/mol. The minimum atomic E-state index is -1.48. The summed E-state index contributed by atoms with van der Waals surface area (Å²) in [5.74, 6) is -4.52. The highest BCUT2D eigenvalue weighted by atomic mass is 35.5. The number of hydrogen-bond acceptors (Lipinski definition) is 3. The van der Waals surface area contributed by atoms with Crippen LogP contribution in [0.3, 0.4) is 0 Å². The highest BCUT2D eigenvalue weighted by Crippen LogP contribution is 2.65. The largest absolute Gasteiger partial charge is 0.326 e. The third-order valence-corrected chi connectivity index (χ3v) is 7.38. The molecule has 0 aromatic heterocycles. The molecular formula is C26H18Cl4F2N2O3. The second kappa shape index (κ2) is 10.6. The van der Waals surface area contributed by atoms with Crippen LogP contribution >= 0.6 is 46.4 Å². The molecular weight excluding hydrogens is 568 g/mol. The van der Waals surface area contributed by atoms with E-state index in [1.54, 1.807) is 24.3 Å². The molecule has 1 saturated carbocycles. The summed E-state index contributed by atoms with van der Waals surface area (Å²) in [6, 6.07) is 12.8. The quantitative estimate of drug-likeness (QED) is 0.228. The van der Waals surface area contributed by atoms with Crippen molar-refractivity contribution in [2.24, 2.45) is 5.92 Å². The summed E-state index contributed by atoms with van der Waals surface area (Å²) in [6.45, 7) is 1.37. The van der Waals surface area contributed by atoms with E-state index in [0.29, 0.717) is 16.8 Å². The molecule has 1 aliphatic rings. The van der Waals surface area contributed by atoms with E-state index in [1.165, 1.54) is 31.2 Å². The zero-order valence-electron chi connectivity index (χ0n) is 19.1. The first-order chi connectivity index (χ1) is 17.4. The highest BCUT2D eigenvalue weighted by Gasteiger charge is 2.67. The Kier molecular flexibility index (Phi) is 7.81. The molecule has 3 aromatic carbocycles. The molecule has 11 heteroatoms. The average Bonchev–Trinajstić information content (AvgIpc) is 3.40. The maximum atomic E-state index is 14.7. The number of Topliss-reactive ketones (excluding diaryl/α,β-unsaturated/α-hetero) is 1. The summed E-state index contributed by atoms with van der Waals surface area (Å²) in [5, 5.41) is 4.70. The second-order valence-electron chi connectivity index (χ2n) is 8.59. The van der Waals surface area contributed by atoms with Crippen LogP contribution in [0.25, 0.3) is 0 Å². The van der Waals surface area contributed by atoms with Gasteiger partial charge in [0.2, 0.25) is 11.8 Å². The molecule has 2 atom stereocenters. The van der Waals surface area contributed by atoms with E-state index < -0.39 is 39.5 Å². The molecule has 3 aromatic rings. The lowest BCUT2D eigenvalue weighted by atomic mass is 10.0. The molecule has 1 fully saturated rings. The third-order valence-electron chi connectivity index (χ3n) is 5.87. The molecule has 0 saturated heterocycles. The fourth-order valence-corrected chi connectivity index (χ4v) is 5.28. The maximum absolute atomic E-state index is 14.7. The van der Waals surface area contributed by atoms with Gasteiger partial charge in [-0.25, -0.2) is 8.78 Å². The Labute approximate surface area is 231 Å². The minimum Gasteiger partial charge on any atom is -0.326 e. The molecule has 0 aliphatic heterocycles. The Morgan fingerprint density at radius 2 is 1.57 bits per heavy atom. The monoisotopic (exact) mass is 584 g/mol. The Morgan fingerprint density at radius 1 is 0.892 bits per heavy atom. The van der Waals surface area contributed by atoms with E-state index in [9.17, 15) is 23.2 Å². The molecule has 1 aliphatic carbocycles. The van der Waals surface area contributed by atoms with Crippen molar-refractivity contribution < 1.29 is 23.2 Å². The molecule has 0 heterocycles. The van der Waals surface area contributed by atoms with E-state index in [4.69, 9.17) is 46.4 Å². The van der Waals surface area contributed by atoms with Gasteiger partial charge in [-0.2, -0.15) is 0 Å². The number of nitrogens with one attached hydrogen (secondary N) is 2. The van der Waals surface area contributed by atoms with Crippen LogP contribution in [-0.4, -0.2) is 21.9 Å². The molecule has 192 valence electrons. The Hall–Kier alpha value is -2.71. The zero-order chi connectivity index (χ0) is 27.1. The summed E-state index contributed by atoms with van der Waals surface area (Å²) in [7, 11) is 0. The SMILES string of the molecule is CC(=O)Nc1ccc(CC(=O)c2cc(NC(=O)C3C(c4ccc(F)c(Cl)c4)C3(Cl)Cl)cc(Cl)c2F)cc1. The van der Waals surface area contributed by atoms with Crippen LogP contribution in [0.4, 0.5) is 20.2 Å². The number of rotatable bonds is 7. The summed E-state index contributed by atoms with van der Waals surface area (Å²) in [6.07, 6.45) is -0.145. The maximum Gasteiger partial charge on any atom is 0.231 e. The number of ketones is 1. The molecule has 0 spiro atoms. The molecule has 2 unspecified atom stereocenters. The van der Waals surface area contributed by atoms with Crippen molar-refractivity contribution in [1.82, 2.24) is 0 Å². The van der Waals surface area contributed by atoms with Crippen LogP contribution in [0.2, 0.25) is 10.0 Å². The highest BCUT2D eigenvalue weighted by molar-refractivity contribution is 6.53. The minimum absolute atomic E-state index is 0.0766. The standard InChI is InChI=1S/C26H18Cl4F2N2O3/c1-12(35)33-15-5-2-13(3-6-15)8-21(36)17-10-16(11-19(28)24(17)32)34-25(37)23-22(26(23,29)30)14-4-7-20(31)18(27)9-14/h2-7,9-11,22-23H,8H2,1H3,(H,33,35)(H,34,37). The number of hydrogen-bond donors (Lipinski definition) is 2. The van der Waals surface area contributed by atoms with Gasteiger partial charge in [0, 0.05) is 30.6 Å². The Morgan fingerprint density at radius 3 is 2.19 bits per heavy atom. The topological polar surface area (TPSA) is 75.3 Å². The Balaban J connectivity index is 1.50. The van der Waals surface area contributed by atoms with Crippen molar-refractivity contribution in [3.8, 4) is 0 Å². The van der Waals surface area contributed by atoms with Gasteiger partial charge < -0.3 is 10.6 Å².